The van der Waals surface area contributed by atoms with E-state index in [1.54, 1.807) is 6.07 Å². The van der Waals surface area contributed by atoms with Gasteiger partial charge in [0.2, 0.25) is 5.89 Å². The van der Waals surface area contributed by atoms with Crippen LogP contribution < -0.4 is 10.9 Å². The van der Waals surface area contributed by atoms with Crippen LogP contribution in [0, 0.1) is 0 Å². The zero-order valence-electron chi connectivity index (χ0n) is 14.8. The fourth-order valence-corrected chi connectivity index (χ4v) is 3.30. The molecule has 2 heterocycles. The summed E-state index contributed by atoms with van der Waals surface area (Å²) in [4.78, 5) is 31.5. The Balaban J connectivity index is 1.32. The van der Waals surface area contributed by atoms with Crippen LogP contribution in [0.3, 0.4) is 0 Å². The number of pyridine rings is 1. The third-order valence-electron chi connectivity index (χ3n) is 4.67. The molecule has 0 radical (unpaired) electrons. The molecule has 0 atom stereocenters. The Hall–Kier alpha value is -3.22. The minimum atomic E-state index is -0.380. The minimum absolute atomic E-state index is 0.158. The lowest BCUT2D eigenvalue weighted by Gasteiger charge is -2.05. The molecule has 1 aliphatic rings. The number of nitrogens with one attached hydrogen (secondary N) is 2. The molecule has 2 aromatic heterocycles. The molecule has 0 fully saturated rings. The lowest BCUT2D eigenvalue weighted by Crippen LogP contribution is -2.31. The van der Waals surface area contributed by atoms with E-state index in [0.29, 0.717) is 31.1 Å². The van der Waals surface area contributed by atoms with E-state index in [1.807, 2.05) is 30.3 Å². The van der Waals surface area contributed by atoms with E-state index in [4.69, 9.17) is 4.52 Å². The van der Waals surface area contributed by atoms with Gasteiger partial charge >= 0.3 is 0 Å². The van der Waals surface area contributed by atoms with E-state index < -0.39 is 0 Å². The monoisotopic (exact) mass is 364 g/mol. The van der Waals surface area contributed by atoms with E-state index in [9.17, 15) is 9.59 Å². The van der Waals surface area contributed by atoms with Gasteiger partial charge in [0.25, 0.3) is 11.5 Å². The van der Waals surface area contributed by atoms with Gasteiger partial charge in [0.15, 0.2) is 5.82 Å². The second-order valence-electron chi connectivity index (χ2n) is 6.64. The predicted molar refractivity (Wildman–Crippen MR) is 98.7 cm³/mol. The number of H-pyrrole nitrogens is 1. The Morgan fingerprint density at radius 1 is 1.22 bits per heavy atom. The molecule has 3 aromatic rings. The van der Waals surface area contributed by atoms with Crippen LogP contribution in [0.1, 0.15) is 45.3 Å². The van der Waals surface area contributed by atoms with Gasteiger partial charge < -0.3 is 14.8 Å². The van der Waals surface area contributed by atoms with Crippen LogP contribution >= 0.6 is 0 Å². The number of nitrogens with zero attached hydrogens (tertiary/aromatic N) is 2. The second-order valence-corrected chi connectivity index (χ2v) is 6.64. The molecule has 1 aliphatic carbocycles. The Morgan fingerprint density at radius 2 is 2.07 bits per heavy atom. The molecule has 0 aliphatic heterocycles. The lowest BCUT2D eigenvalue weighted by atomic mass is 10.1. The summed E-state index contributed by atoms with van der Waals surface area (Å²) >= 11 is 0. The van der Waals surface area contributed by atoms with Gasteiger partial charge in [-0.15, -0.1) is 0 Å². The standard InChI is InChI=1S/C20H20N4O3/c25-19(15-12-14-7-4-8-16(14)22-20(15)26)21-10-9-18-23-17(24-27-18)11-13-5-2-1-3-6-13/h1-3,5-6,12H,4,7-11H2,(H,21,25)(H,22,26). The van der Waals surface area contributed by atoms with Crippen molar-refractivity contribution in [3.63, 3.8) is 0 Å². The van der Waals surface area contributed by atoms with E-state index in [-0.39, 0.29) is 17.0 Å². The highest BCUT2D eigenvalue weighted by molar-refractivity contribution is 5.94. The third-order valence-corrected chi connectivity index (χ3v) is 4.67. The van der Waals surface area contributed by atoms with Crippen molar-refractivity contribution in [2.24, 2.45) is 0 Å². The van der Waals surface area contributed by atoms with Gasteiger partial charge in [-0.1, -0.05) is 35.5 Å². The number of fused-ring (bicyclic) bond motifs is 1. The summed E-state index contributed by atoms with van der Waals surface area (Å²) < 4.78 is 5.23. The summed E-state index contributed by atoms with van der Waals surface area (Å²) in [6.07, 6.45) is 3.80. The van der Waals surface area contributed by atoms with Crippen LogP contribution in [-0.2, 0) is 25.7 Å². The molecular formula is C20H20N4O3. The molecule has 1 aromatic carbocycles. The van der Waals surface area contributed by atoms with Crippen LogP contribution in [-0.4, -0.2) is 27.6 Å². The smallest absolute Gasteiger partial charge is 0.261 e. The maximum Gasteiger partial charge on any atom is 0.261 e. The van der Waals surface area contributed by atoms with Crippen LogP contribution in [0.15, 0.2) is 45.7 Å². The molecule has 1 amide bonds. The van der Waals surface area contributed by atoms with Crippen molar-refractivity contribution < 1.29 is 9.32 Å². The molecule has 138 valence electrons. The number of rotatable bonds is 6. The highest BCUT2D eigenvalue weighted by Crippen LogP contribution is 2.18. The number of carbonyl (C=O) groups is 1. The number of aromatic amines is 1. The summed E-state index contributed by atoms with van der Waals surface area (Å²) in [5.74, 6) is 0.691. The summed E-state index contributed by atoms with van der Waals surface area (Å²) in [5.41, 5.74) is 2.94. The second kappa shape index (κ2) is 7.57. The molecule has 2 N–H and O–H groups in total. The average molecular weight is 364 g/mol. The average Bonchev–Trinajstić information content (AvgIpc) is 3.30. The maximum absolute atomic E-state index is 12.3. The van der Waals surface area contributed by atoms with Crippen molar-refractivity contribution in [1.82, 2.24) is 20.4 Å². The first kappa shape index (κ1) is 17.2. The van der Waals surface area contributed by atoms with E-state index in [2.05, 4.69) is 20.4 Å². The fraction of sp³-hybridized carbons (Fsp3) is 0.300. The van der Waals surface area contributed by atoms with Crippen LogP contribution in [0.4, 0.5) is 0 Å². The summed E-state index contributed by atoms with van der Waals surface area (Å²) in [6.45, 7) is 0.322. The summed E-state index contributed by atoms with van der Waals surface area (Å²) in [5, 5.41) is 6.72. The number of aromatic nitrogens is 3. The number of hydrogen-bond donors (Lipinski definition) is 2. The number of carbonyl (C=O) groups excluding carboxylic acids is 1. The zero-order chi connectivity index (χ0) is 18.6. The maximum atomic E-state index is 12.3. The lowest BCUT2D eigenvalue weighted by molar-refractivity contribution is 0.0951. The van der Waals surface area contributed by atoms with E-state index in [1.165, 1.54) is 0 Å². The summed E-state index contributed by atoms with van der Waals surface area (Å²) in [7, 11) is 0. The van der Waals surface area contributed by atoms with Crippen molar-refractivity contribution in [2.45, 2.75) is 32.1 Å². The van der Waals surface area contributed by atoms with Gasteiger partial charge in [-0.25, -0.2) is 0 Å². The summed E-state index contributed by atoms with van der Waals surface area (Å²) in [6, 6.07) is 11.6. The quantitative estimate of drug-likeness (QED) is 0.695. The topological polar surface area (TPSA) is 101 Å². The van der Waals surface area contributed by atoms with Gasteiger partial charge in [-0.2, -0.15) is 4.98 Å². The van der Waals surface area contributed by atoms with Crippen LogP contribution in [0.25, 0.3) is 0 Å². The highest BCUT2D eigenvalue weighted by Gasteiger charge is 2.18. The molecule has 4 rings (SSSR count). The largest absolute Gasteiger partial charge is 0.351 e. The van der Waals surface area contributed by atoms with Crippen molar-refractivity contribution in [3.8, 4) is 0 Å². The molecule has 7 nitrogen and oxygen atoms in total. The predicted octanol–water partition coefficient (Wildman–Crippen LogP) is 1.81. The fourth-order valence-electron chi connectivity index (χ4n) is 3.30. The van der Waals surface area contributed by atoms with Crippen molar-refractivity contribution in [3.05, 3.63) is 80.9 Å². The molecule has 7 heteroatoms. The highest BCUT2D eigenvalue weighted by atomic mass is 16.5. The van der Waals surface area contributed by atoms with Crippen LogP contribution in [0.2, 0.25) is 0 Å². The Labute approximate surface area is 155 Å². The first-order valence-corrected chi connectivity index (χ1v) is 9.08. The van der Waals surface area contributed by atoms with Gasteiger partial charge in [0.1, 0.15) is 5.56 Å². The molecule has 0 bridgehead atoms. The minimum Gasteiger partial charge on any atom is -0.351 e. The molecule has 0 spiro atoms. The van der Waals surface area contributed by atoms with Crippen molar-refractivity contribution in [2.75, 3.05) is 6.54 Å². The number of aryl methyl sites for hydroxylation is 2. The molecular weight excluding hydrogens is 344 g/mol. The Kier molecular flexibility index (Phi) is 4.82. The molecule has 0 saturated heterocycles. The zero-order valence-corrected chi connectivity index (χ0v) is 14.8. The van der Waals surface area contributed by atoms with Gasteiger partial charge in [0.05, 0.1) is 0 Å². The molecule has 27 heavy (non-hydrogen) atoms. The number of amides is 1. The van der Waals surface area contributed by atoms with Gasteiger partial charge in [-0.05, 0) is 36.5 Å². The number of benzene rings is 1. The molecule has 0 saturated carbocycles. The van der Waals surface area contributed by atoms with Gasteiger partial charge in [0, 0.05) is 25.1 Å². The van der Waals surface area contributed by atoms with Crippen molar-refractivity contribution in [1.29, 1.82) is 0 Å². The van der Waals surface area contributed by atoms with Crippen molar-refractivity contribution >= 4 is 5.91 Å². The first-order chi connectivity index (χ1) is 13.2. The third kappa shape index (κ3) is 3.97. The van der Waals surface area contributed by atoms with E-state index in [0.717, 1.165) is 36.1 Å². The molecule has 0 unspecified atom stereocenters. The number of hydrogen-bond acceptors (Lipinski definition) is 5. The van der Waals surface area contributed by atoms with Crippen LogP contribution in [0.5, 0.6) is 0 Å². The Bertz CT molecular complexity index is 1010. The normalized spacial score (nSPS) is 12.7. The first-order valence-electron chi connectivity index (χ1n) is 9.08. The SMILES string of the molecule is O=C(NCCc1nc(Cc2ccccc2)no1)c1cc2c([nH]c1=O)CCC2. The Morgan fingerprint density at radius 3 is 2.93 bits per heavy atom. The van der Waals surface area contributed by atoms with E-state index >= 15 is 0 Å². The van der Waals surface area contributed by atoms with Gasteiger partial charge in [-0.3, -0.25) is 9.59 Å².